The maximum Gasteiger partial charge on any atom is 0.215 e. The van der Waals surface area contributed by atoms with Crippen LogP contribution in [0.15, 0.2) is 0 Å². The van der Waals surface area contributed by atoms with Crippen molar-refractivity contribution in [1.82, 2.24) is 10.3 Å². The first kappa shape index (κ1) is 14.9. The summed E-state index contributed by atoms with van der Waals surface area (Å²) in [7, 11) is -3.51. The number of sulfonamides is 1. The number of thiazole rings is 1. The van der Waals surface area contributed by atoms with Crippen LogP contribution in [0.25, 0.3) is 0 Å². The van der Waals surface area contributed by atoms with Crippen molar-refractivity contribution >= 4 is 21.4 Å². The van der Waals surface area contributed by atoms with Crippen LogP contribution in [0.3, 0.4) is 0 Å². The number of nitrogens with zero attached hydrogens (tertiary/aromatic N) is 1. The number of aromatic nitrogens is 1. The van der Waals surface area contributed by atoms with Gasteiger partial charge in [0.2, 0.25) is 10.0 Å². The molecule has 2 rings (SSSR count). The van der Waals surface area contributed by atoms with Crippen LogP contribution in [-0.4, -0.2) is 19.9 Å². The van der Waals surface area contributed by atoms with Crippen LogP contribution in [0, 0.1) is 5.41 Å². The van der Waals surface area contributed by atoms with Crippen LogP contribution < -0.4 is 10.5 Å². The summed E-state index contributed by atoms with van der Waals surface area (Å²) in [5.41, 5.74) is 1.22. The molecule has 3 N–H and O–H groups in total. The Morgan fingerprint density at radius 2 is 2.21 bits per heavy atom. The van der Waals surface area contributed by atoms with E-state index >= 15 is 0 Å². The van der Waals surface area contributed by atoms with Crippen molar-refractivity contribution in [3.63, 3.8) is 0 Å². The van der Waals surface area contributed by atoms with Crippen molar-refractivity contribution < 1.29 is 8.42 Å². The van der Waals surface area contributed by atoms with E-state index < -0.39 is 10.0 Å². The minimum Gasteiger partial charge on any atom is -0.309 e. The summed E-state index contributed by atoms with van der Waals surface area (Å²) in [4.78, 5) is 5.66. The Bertz CT molecular complexity index is 564. The zero-order valence-electron chi connectivity index (χ0n) is 11.6. The van der Waals surface area contributed by atoms with E-state index in [9.17, 15) is 8.42 Å². The average Bonchev–Trinajstić information content (AvgIpc) is 2.55. The fourth-order valence-corrected chi connectivity index (χ4v) is 4.72. The zero-order chi connectivity index (χ0) is 14.3. The minimum atomic E-state index is -3.51. The monoisotopic (exact) mass is 303 g/mol. The third kappa shape index (κ3) is 3.75. The van der Waals surface area contributed by atoms with E-state index in [0.717, 1.165) is 25.1 Å². The molecule has 7 heteroatoms. The molecule has 0 bridgehead atoms. The standard InChI is InChI=1S/C12H21N3O2S2/c1-4-14-8-5-12(2,3)6-9-11(8)18-10(15-9)7-19(13,16)17/h8,14H,4-7H2,1-3H3,(H2,13,16,17). The minimum absolute atomic E-state index is 0.163. The van der Waals surface area contributed by atoms with Gasteiger partial charge >= 0.3 is 0 Å². The number of hydrogen-bond donors (Lipinski definition) is 2. The predicted molar refractivity (Wildman–Crippen MR) is 77.4 cm³/mol. The van der Waals surface area contributed by atoms with Gasteiger partial charge in [-0.2, -0.15) is 0 Å². The molecule has 0 fully saturated rings. The van der Waals surface area contributed by atoms with Gasteiger partial charge < -0.3 is 5.32 Å². The SMILES string of the molecule is CCNC1CC(C)(C)Cc2nc(CS(N)(=O)=O)sc21. The smallest absolute Gasteiger partial charge is 0.215 e. The molecule has 1 unspecified atom stereocenters. The first-order valence-corrected chi connectivity index (χ1v) is 8.96. The van der Waals surface area contributed by atoms with Crippen molar-refractivity contribution in [2.45, 2.75) is 45.4 Å². The van der Waals surface area contributed by atoms with E-state index in [1.54, 1.807) is 0 Å². The maximum absolute atomic E-state index is 11.2. The molecule has 0 radical (unpaired) electrons. The number of nitrogens with two attached hydrogens (primary N) is 1. The number of primary sulfonamides is 1. The summed E-state index contributed by atoms with van der Waals surface area (Å²) in [5.74, 6) is -0.163. The predicted octanol–water partition coefficient (Wildman–Crippen LogP) is 1.55. The van der Waals surface area contributed by atoms with Crippen molar-refractivity contribution in [2.24, 2.45) is 10.6 Å². The molecule has 0 amide bonds. The summed E-state index contributed by atoms with van der Waals surface area (Å²) < 4.78 is 22.4. The zero-order valence-corrected chi connectivity index (χ0v) is 13.2. The van der Waals surface area contributed by atoms with Crippen LogP contribution >= 0.6 is 11.3 Å². The molecule has 1 aromatic rings. The van der Waals surface area contributed by atoms with Gasteiger partial charge in [-0.15, -0.1) is 11.3 Å². The quantitative estimate of drug-likeness (QED) is 0.884. The summed E-state index contributed by atoms with van der Waals surface area (Å²) >= 11 is 1.48. The first-order chi connectivity index (χ1) is 8.70. The van der Waals surface area contributed by atoms with Gasteiger partial charge in [0.1, 0.15) is 10.8 Å². The Morgan fingerprint density at radius 3 is 2.79 bits per heavy atom. The lowest BCUT2D eigenvalue weighted by atomic mass is 9.76. The van der Waals surface area contributed by atoms with E-state index in [-0.39, 0.29) is 17.2 Å². The molecule has 1 aromatic heterocycles. The molecule has 0 saturated heterocycles. The number of fused-ring (bicyclic) bond motifs is 1. The molecule has 0 aromatic carbocycles. The highest BCUT2D eigenvalue weighted by atomic mass is 32.2. The number of nitrogens with one attached hydrogen (secondary N) is 1. The van der Waals surface area contributed by atoms with Gasteiger partial charge in [0.25, 0.3) is 0 Å². The second-order valence-corrected chi connectivity index (χ2v) is 8.61. The molecule has 1 heterocycles. The van der Waals surface area contributed by atoms with Crippen LogP contribution in [0.2, 0.25) is 0 Å². The van der Waals surface area contributed by atoms with E-state index in [1.165, 1.54) is 16.2 Å². The van der Waals surface area contributed by atoms with Gasteiger partial charge in [-0.05, 0) is 24.8 Å². The third-order valence-corrected chi connectivity index (χ3v) is 5.34. The molecule has 0 aliphatic heterocycles. The first-order valence-electron chi connectivity index (χ1n) is 6.42. The summed E-state index contributed by atoms with van der Waals surface area (Å²) in [6.07, 6.45) is 1.94. The average molecular weight is 303 g/mol. The molecule has 1 aliphatic rings. The molecule has 19 heavy (non-hydrogen) atoms. The van der Waals surface area contributed by atoms with Crippen LogP contribution in [-0.2, 0) is 22.2 Å². The van der Waals surface area contributed by atoms with Gasteiger partial charge in [-0.25, -0.2) is 18.5 Å². The Morgan fingerprint density at radius 1 is 1.53 bits per heavy atom. The van der Waals surface area contributed by atoms with E-state index in [4.69, 9.17) is 5.14 Å². The number of rotatable bonds is 4. The molecular weight excluding hydrogens is 282 g/mol. The highest BCUT2D eigenvalue weighted by Gasteiger charge is 2.34. The van der Waals surface area contributed by atoms with Gasteiger partial charge in [-0.1, -0.05) is 20.8 Å². The highest BCUT2D eigenvalue weighted by molar-refractivity contribution is 7.88. The lowest BCUT2D eigenvalue weighted by Gasteiger charge is -2.34. The Balaban J connectivity index is 2.33. The summed E-state index contributed by atoms with van der Waals surface area (Å²) in [5, 5.41) is 9.16. The maximum atomic E-state index is 11.2. The molecule has 108 valence electrons. The van der Waals surface area contributed by atoms with Gasteiger partial charge in [0.05, 0.1) is 5.69 Å². The topological polar surface area (TPSA) is 85.1 Å². The molecular formula is C12H21N3O2S2. The second-order valence-electron chi connectivity index (χ2n) is 5.88. The van der Waals surface area contributed by atoms with E-state index in [1.807, 2.05) is 0 Å². The summed E-state index contributed by atoms with van der Waals surface area (Å²) in [6.45, 7) is 7.41. The normalized spacial score (nSPS) is 22.2. The van der Waals surface area contributed by atoms with E-state index in [2.05, 4.69) is 31.1 Å². The second kappa shape index (κ2) is 5.12. The van der Waals surface area contributed by atoms with Gasteiger partial charge in [-0.3, -0.25) is 0 Å². The van der Waals surface area contributed by atoms with Crippen LogP contribution in [0.1, 0.15) is 48.8 Å². The van der Waals surface area contributed by atoms with Gasteiger partial charge in [0.15, 0.2) is 0 Å². The molecule has 0 saturated carbocycles. The van der Waals surface area contributed by atoms with Crippen molar-refractivity contribution in [3.8, 4) is 0 Å². The molecule has 0 spiro atoms. The fourth-order valence-electron chi connectivity index (χ4n) is 2.63. The largest absolute Gasteiger partial charge is 0.309 e. The lowest BCUT2D eigenvalue weighted by molar-refractivity contribution is 0.260. The van der Waals surface area contributed by atoms with Gasteiger partial charge in [0, 0.05) is 10.9 Å². The molecule has 5 nitrogen and oxygen atoms in total. The fraction of sp³-hybridized carbons (Fsp3) is 0.750. The van der Waals surface area contributed by atoms with Crippen LogP contribution in [0.5, 0.6) is 0 Å². The Kier molecular flexibility index (Phi) is 4.02. The lowest BCUT2D eigenvalue weighted by Crippen LogP contribution is -2.32. The van der Waals surface area contributed by atoms with Crippen LogP contribution in [0.4, 0.5) is 0 Å². The van der Waals surface area contributed by atoms with E-state index in [0.29, 0.717) is 5.01 Å². The number of hydrogen-bond acceptors (Lipinski definition) is 5. The van der Waals surface area contributed by atoms with Crippen molar-refractivity contribution in [3.05, 3.63) is 15.6 Å². The van der Waals surface area contributed by atoms with Crippen molar-refractivity contribution in [1.29, 1.82) is 0 Å². The molecule has 1 aliphatic carbocycles. The Hall–Kier alpha value is -0.500. The third-order valence-electron chi connectivity index (χ3n) is 3.27. The summed E-state index contributed by atoms with van der Waals surface area (Å²) in [6, 6.07) is 0.274. The Labute approximate surface area is 118 Å². The highest BCUT2D eigenvalue weighted by Crippen LogP contribution is 2.43. The molecule has 1 atom stereocenters. The van der Waals surface area contributed by atoms with Crippen molar-refractivity contribution in [2.75, 3.05) is 6.54 Å².